The van der Waals surface area contributed by atoms with E-state index in [2.05, 4.69) is 15.2 Å². The van der Waals surface area contributed by atoms with Gasteiger partial charge in [-0.25, -0.2) is 4.98 Å². The molecule has 1 unspecified atom stereocenters. The number of hydrogen-bond acceptors (Lipinski definition) is 5. The van der Waals surface area contributed by atoms with Crippen LogP contribution in [-0.4, -0.2) is 66.0 Å². The fraction of sp³-hybridized carbons (Fsp3) is 0.474. The Morgan fingerprint density at radius 3 is 2.56 bits per heavy atom. The average molecular weight is 413 g/mol. The molecule has 8 heteroatoms. The third-order valence-electron chi connectivity index (χ3n) is 5.20. The Balaban J connectivity index is 0.00000131. The van der Waals surface area contributed by atoms with Crippen molar-refractivity contribution in [2.45, 2.75) is 19.4 Å². The fourth-order valence-corrected chi connectivity index (χ4v) is 3.73. The first-order valence-corrected chi connectivity index (χ1v) is 8.97. The van der Waals surface area contributed by atoms with E-state index in [-0.39, 0.29) is 30.7 Å². The summed E-state index contributed by atoms with van der Waals surface area (Å²) in [4.78, 5) is 21.6. The Kier molecular flexibility index (Phi) is 7.68. The minimum atomic E-state index is -0.0260. The Morgan fingerprint density at radius 2 is 1.85 bits per heavy atom. The van der Waals surface area contributed by atoms with Crippen LogP contribution in [0, 0.1) is 6.92 Å². The number of amides is 1. The van der Waals surface area contributed by atoms with Crippen LogP contribution in [0.4, 0.5) is 0 Å². The molecule has 0 aliphatic carbocycles. The number of halogens is 2. The first kappa shape index (κ1) is 21.7. The number of rotatable bonds is 3. The lowest BCUT2D eigenvalue weighted by Crippen LogP contribution is -2.49. The van der Waals surface area contributed by atoms with Crippen LogP contribution < -0.4 is 5.32 Å². The highest BCUT2D eigenvalue weighted by Crippen LogP contribution is 2.26. The van der Waals surface area contributed by atoms with E-state index in [4.69, 9.17) is 4.42 Å². The summed E-state index contributed by atoms with van der Waals surface area (Å²) >= 11 is 0. The zero-order valence-corrected chi connectivity index (χ0v) is 17.0. The lowest BCUT2D eigenvalue weighted by molar-refractivity contribution is 0.0768. The van der Waals surface area contributed by atoms with Gasteiger partial charge in [-0.3, -0.25) is 9.69 Å². The molecule has 0 spiro atoms. The van der Waals surface area contributed by atoms with Gasteiger partial charge in [0, 0.05) is 50.9 Å². The maximum atomic E-state index is 13.0. The van der Waals surface area contributed by atoms with Crippen molar-refractivity contribution in [1.82, 2.24) is 20.1 Å². The second-order valence-corrected chi connectivity index (χ2v) is 6.88. The normalized spacial score (nSPS) is 20.0. The zero-order valence-electron chi connectivity index (χ0n) is 15.4. The highest BCUT2D eigenvalue weighted by Gasteiger charge is 2.33. The number of piperazine rings is 1. The zero-order chi connectivity index (χ0) is 17.2. The number of nitrogens with zero attached hydrogens (tertiary/aromatic N) is 3. The monoisotopic (exact) mass is 412 g/mol. The van der Waals surface area contributed by atoms with E-state index in [9.17, 15) is 4.79 Å². The standard InChI is InChI=1S/C19H24N4O2.2ClH/c1-14-2-4-15(5-3-14)18-17(21-13-25-18)19(24)23-9-6-16(12-23)22-10-7-20-8-11-22;;/h2-5,13,16,20H,6-12H2,1H3;2*1H. The summed E-state index contributed by atoms with van der Waals surface area (Å²) in [5.41, 5.74) is 2.49. The minimum Gasteiger partial charge on any atom is -0.443 e. The van der Waals surface area contributed by atoms with Crippen molar-refractivity contribution in [3.05, 3.63) is 41.9 Å². The van der Waals surface area contributed by atoms with Crippen LogP contribution >= 0.6 is 24.8 Å². The molecular formula is C19H26Cl2N4O2. The Bertz CT molecular complexity index is 744. The highest BCUT2D eigenvalue weighted by molar-refractivity contribution is 5.97. The number of carbonyl (C=O) groups is 1. The molecule has 27 heavy (non-hydrogen) atoms. The summed E-state index contributed by atoms with van der Waals surface area (Å²) in [6.07, 6.45) is 2.40. The molecule has 3 heterocycles. The Hall–Kier alpha value is -1.60. The number of carbonyl (C=O) groups excluding carboxylic acids is 1. The first-order valence-electron chi connectivity index (χ1n) is 8.97. The van der Waals surface area contributed by atoms with E-state index in [1.165, 1.54) is 12.0 Å². The largest absolute Gasteiger partial charge is 0.443 e. The predicted molar refractivity (Wildman–Crippen MR) is 110 cm³/mol. The molecule has 2 fully saturated rings. The Labute approximate surface area is 172 Å². The second-order valence-electron chi connectivity index (χ2n) is 6.88. The van der Waals surface area contributed by atoms with Crippen LogP contribution in [0.25, 0.3) is 11.3 Å². The van der Waals surface area contributed by atoms with Crippen LogP contribution in [-0.2, 0) is 0 Å². The SMILES string of the molecule is Cc1ccc(-c2ocnc2C(=O)N2CCC(N3CCNCC3)C2)cc1.Cl.Cl. The molecule has 1 N–H and O–H groups in total. The van der Waals surface area contributed by atoms with Gasteiger partial charge >= 0.3 is 0 Å². The topological polar surface area (TPSA) is 61.6 Å². The average Bonchev–Trinajstić information content (AvgIpc) is 3.32. The van der Waals surface area contributed by atoms with Gasteiger partial charge in [0.25, 0.3) is 5.91 Å². The molecule has 2 aliphatic heterocycles. The fourth-order valence-electron chi connectivity index (χ4n) is 3.73. The molecular weight excluding hydrogens is 387 g/mol. The third-order valence-corrected chi connectivity index (χ3v) is 5.20. The highest BCUT2D eigenvalue weighted by atomic mass is 35.5. The molecule has 0 saturated carbocycles. The molecule has 0 radical (unpaired) electrons. The van der Waals surface area contributed by atoms with Gasteiger partial charge in [-0.2, -0.15) is 0 Å². The molecule has 1 aromatic carbocycles. The lowest BCUT2D eigenvalue weighted by Gasteiger charge is -2.32. The lowest BCUT2D eigenvalue weighted by atomic mass is 10.1. The Morgan fingerprint density at radius 1 is 1.15 bits per heavy atom. The van der Waals surface area contributed by atoms with Crippen LogP contribution in [0.15, 0.2) is 35.1 Å². The summed E-state index contributed by atoms with van der Waals surface area (Å²) in [6, 6.07) is 8.44. The summed E-state index contributed by atoms with van der Waals surface area (Å²) in [5, 5.41) is 3.38. The van der Waals surface area contributed by atoms with Gasteiger partial charge < -0.3 is 14.6 Å². The molecule has 6 nitrogen and oxygen atoms in total. The van der Waals surface area contributed by atoms with Crippen LogP contribution in [0.1, 0.15) is 22.5 Å². The van der Waals surface area contributed by atoms with E-state index < -0.39 is 0 Å². The quantitative estimate of drug-likeness (QED) is 0.839. The summed E-state index contributed by atoms with van der Waals surface area (Å²) in [5.74, 6) is 0.539. The molecule has 2 aromatic rings. The van der Waals surface area contributed by atoms with Crippen molar-refractivity contribution in [3.8, 4) is 11.3 Å². The van der Waals surface area contributed by atoms with E-state index in [0.717, 1.165) is 51.3 Å². The number of likely N-dealkylation sites (tertiary alicyclic amines) is 1. The van der Waals surface area contributed by atoms with Gasteiger partial charge in [-0.1, -0.05) is 29.8 Å². The number of nitrogens with one attached hydrogen (secondary N) is 1. The predicted octanol–water partition coefficient (Wildman–Crippen LogP) is 2.61. The molecule has 2 aliphatic rings. The molecule has 1 amide bonds. The maximum Gasteiger partial charge on any atom is 0.276 e. The molecule has 0 bridgehead atoms. The van der Waals surface area contributed by atoms with Crippen molar-refractivity contribution in [1.29, 1.82) is 0 Å². The molecule has 2 saturated heterocycles. The molecule has 148 valence electrons. The number of aromatic nitrogens is 1. The minimum absolute atomic E-state index is 0. The third kappa shape index (κ3) is 4.63. The number of oxazole rings is 1. The number of hydrogen-bond donors (Lipinski definition) is 1. The van der Waals surface area contributed by atoms with Crippen molar-refractivity contribution in [2.75, 3.05) is 39.3 Å². The molecule has 4 rings (SSSR count). The molecule has 1 aromatic heterocycles. The number of aryl methyl sites for hydroxylation is 1. The van der Waals surface area contributed by atoms with Crippen LogP contribution in [0.2, 0.25) is 0 Å². The first-order chi connectivity index (χ1) is 12.2. The van der Waals surface area contributed by atoms with Crippen LogP contribution in [0.5, 0.6) is 0 Å². The van der Waals surface area contributed by atoms with Gasteiger partial charge in [0.15, 0.2) is 17.8 Å². The van der Waals surface area contributed by atoms with Crippen molar-refractivity contribution >= 4 is 30.7 Å². The summed E-state index contributed by atoms with van der Waals surface area (Å²) in [6.45, 7) is 7.79. The summed E-state index contributed by atoms with van der Waals surface area (Å²) in [7, 11) is 0. The molecule has 1 atom stereocenters. The number of benzene rings is 1. The van der Waals surface area contributed by atoms with Crippen molar-refractivity contribution in [2.24, 2.45) is 0 Å². The van der Waals surface area contributed by atoms with Gasteiger partial charge in [-0.05, 0) is 13.3 Å². The van der Waals surface area contributed by atoms with Gasteiger partial charge in [-0.15, -0.1) is 24.8 Å². The van der Waals surface area contributed by atoms with Gasteiger partial charge in [0.05, 0.1) is 0 Å². The van der Waals surface area contributed by atoms with Gasteiger partial charge in [0.2, 0.25) is 0 Å². The van der Waals surface area contributed by atoms with E-state index in [1.54, 1.807) is 0 Å². The smallest absolute Gasteiger partial charge is 0.276 e. The van der Waals surface area contributed by atoms with E-state index >= 15 is 0 Å². The van der Waals surface area contributed by atoms with E-state index in [1.807, 2.05) is 36.1 Å². The second kappa shape index (κ2) is 9.55. The van der Waals surface area contributed by atoms with Crippen molar-refractivity contribution < 1.29 is 9.21 Å². The summed E-state index contributed by atoms with van der Waals surface area (Å²) < 4.78 is 5.54. The van der Waals surface area contributed by atoms with E-state index in [0.29, 0.717) is 17.5 Å². The van der Waals surface area contributed by atoms with Crippen LogP contribution in [0.3, 0.4) is 0 Å². The van der Waals surface area contributed by atoms with Crippen molar-refractivity contribution in [3.63, 3.8) is 0 Å². The maximum absolute atomic E-state index is 13.0. The van der Waals surface area contributed by atoms with Gasteiger partial charge in [0.1, 0.15) is 0 Å².